The Morgan fingerprint density at radius 1 is 1.29 bits per heavy atom. The molecule has 1 saturated heterocycles. The van der Waals surface area contributed by atoms with E-state index in [0.717, 1.165) is 32.5 Å². The molecule has 1 aliphatic rings. The lowest BCUT2D eigenvalue weighted by Crippen LogP contribution is -2.43. The van der Waals surface area contributed by atoms with Gasteiger partial charge in [0.05, 0.1) is 11.7 Å². The third-order valence-corrected chi connectivity index (χ3v) is 3.42. The second-order valence-corrected chi connectivity index (χ2v) is 6.08. The fourth-order valence-electron chi connectivity index (χ4n) is 2.37. The Hall–Kier alpha value is -0.120. The molecule has 17 heavy (non-hydrogen) atoms. The van der Waals surface area contributed by atoms with Gasteiger partial charge in [-0.25, -0.2) is 0 Å². The summed E-state index contributed by atoms with van der Waals surface area (Å²) in [7, 11) is 1.82. The van der Waals surface area contributed by atoms with Gasteiger partial charge in [-0.2, -0.15) is 0 Å². The van der Waals surface area contributed by atoms with Crippen LogP contribution in [0.2, 0.25) is 0 Å². The number of piperidine rings is 1. The summed E-state index contributed by atoms with van der Waals surface area (Å²) >= 11 is 0. The molecule has 3 heteroatoms. The highest BCUT2D eigenvalue weighted by atomic mass is 16.5. The molecule has 0 aromatic heterocycles. The smallest absolute Gasteiger partial charge is 0.0598 e. The number of ether oxygens (including phenoxy) is 2. The molecule has 0 amide bonds. The van der Waals surface area contributed by atoms with Gasteiger partial charge < -0.3 is 14.4 Å². The van der Waals surface area contributed by atoms with Crippen molar-refractivity contribution in [1.29, 1.82) is 0 Å². The van der Waals surface area contributed by atoms with Crippen molar-refractivity contribution in [2.24, 2.45) is 0 Å². The van der Waals surface area contributed by atoms with Crippen LogP contribution in [0.4, 0.5) is 0 Å². The summed E-state index contributed by atoms with van der Waals surface area (Å²) in [5.41, 5.74) is -0.00530. The third-order valence-electron chi connectivity index (χ3n) is 3.42. The molecule has 0 bridgehead atoms. The summed E-state index contributed by atoms with van der Waals surface area (Å²) in [6.45, 7) is 11.8. The van der Waals surface area contributed by atoms with Gasteiger partial charge in [0, 0.05) is 32.8 Å². The summed E-state index contributed by atoms with van der Waals surface area (Å²) < 4.78 is 11.2. The van der Waals surface area contributed by atoms with Gasteiger partial charge in [0.15, 0.2) is 0 Å². The summed E-state index contributed by atoms with van der Waals surface area (Å²) in [4.78, 5) is 2.56. The number of nitrogens with zero attached hydrogens (tertiary/aromatic N) is 1. The molecule has 0 aromatic rings. The summed E-state index contributed by atoms with van der Waals surface area (Å²) in [5, 5.41) is 0. The number of hydrogen-bond acceptors (Lipinski definition) is 3. The largest absolute Gasteiger partial charge is 0.381 e. The SMILES string of the molecule is CO[C@H]1CCN(CCCOC(C)(C)C)[C@H](C)C1. The van der Waals surface area contributed by atoms with Gasteiger partial charge in [-0.15, -0.1) is 0 Å². The Morgan fingerprint density at radius 3 is 2.53 bits per heavy atom. The topological polar surface area (TPSA) is 21.7 Å². The van der Waals surface area contributed by atoms with E-state index in [9.17, 15) is 0 Å². The molecule has 0 aliphatic carbocycles. The highest BCUT2D eigenvalue weighted by Crippen LogP contribution is 2.19. The Morgan fingerprint density at radius 2 is 2.00 bits per heavy atom. The molecule has 3 nitrogen and oxygen atoms in total. The Kier molecular flexibility index (Phi) is 5.90. The van der Waals surface area contributed by atoms with E-state index < -0.39 is 0 Å². The molecular formula is C14H29NO2. The van der Waals surface area contributed by atoms with E-state index in [2.05, 4.69) is 32.6 Å². The van der Waals surface area contributed by atoms with Crippen molar-refractivity contribution < 1.29 is 9.47 Å². The van der Waals surface area contributed by atoms with Crippen molar-refractivity contribution in [3.63, 3.8) is 0 Å². The molecule has 0 saturated carbocycles. The molecule has 0 spiro atoms. The lowest BCUT2D eigenvalue weighted by atomic mass is 10.0. The van der Waals surface area contributed by atoms with Crippen LogP contribution in [0, 0.1) is 0 Å². The van der Waals surface area contributed by atoms with Crippen LogP contribution in [0.3, 0.4) is 0 Å². The van der Waals surface area contributed by atoms with E-state index in [4.69, 9.17) is 9.47 Å². The monoisotopic (exact) mass is 243 g/mol. The van der Waals surface area contributed by atoms with Crippen molar-refractivity contribution in [3.05, 3.63) is 0 Å². The normalized spacial score (nSPS) is 27.4. The van der Waals surface area contributed by atoms with Crippen LogP contribution in [0.5, 0.6) is 0 Å². The number of rotatable bonds is 5. The van der Waals surface area contributed by atoms with Crippen LogP contribution in [0.25, 0.3) is 0 Å². The number of hydrogen-bond donors (Lipinski definition) is 0. The van der Waals surface area contributed by atoms with Crippen molar-refractivity contribution in [3.8, 4) is 0 Å². The molecule has 0 radical (unpaired) electrons. The van der Waals surface area contributed by atoms with Crippen molar-refractivity contribution in [1.82, 2.24) is 4.90 Å². The molecule has 1 aliphatic heterocycles. The van der Waals surface area contributed by atoms with Crippen LogP contribution in [-0.4, -0.2) is 49.5 Å². The average Bonchev–Trinajstić information content (AvgIpc) is 2.24. The minimum Gasteiger partial charge on any atom is -0.381 e. The molecule has 0 unspecified atom stereocenters. The minimum absolute atomic E-state index is 0.00530. The van der Waals surface area contributed by atoms with Crippen LogP contribution in [0.15, 0.2) is 0 Å². The predicted molar refractivity (Wildman–Crippen MR) is 71.4 cm³/mol. The van der Waals surface area contributed by atoms with Gasteiger partial charge in [0.2, 0.25) is 0 Å². The van der Waals surface area contributed by atoms with E-state index in [1.165, 1.54) is 6.42 Å². The second kappa shape index (κ2) is 6.72. The summed E-state index contributed by atoms with van der Waals surface area (Å²) in [5.74, 6) is 0. The molecule has 1 fully saturated rings. The molecule has 0 aromatic carbocycles. The maximum absolute atomic E-state index is 5.75. The fourth-order valence-corrected chi connectivity index (χ4v) is 2.37. The Labute approximate surface area is 106 Å². The van der Waals surface area contributed by atoms with E-state index in [1.807, 2.05) is 7.11 Å². The standard InChI is InChI=1S/C14H29NO2/c1-12-11-13(16-5)7-9-15(12)8-6-10-17-14(2,3)4/h12-13H,6-11H2,1-5H3/t12-,13+/m1/s1. The van der Waals surface area contributed by atoms with Gasteiger partial charge in [0.25, 0.3) is 0 Å². The van der Waals surface area contributed by atoms with Crippen LogP contribution >= 0.6 is 0 Å². The minimum atomic E-state index is -0.00530. The molecular weight excluding hydrogens is 214 g/mol. The van der Waals surface area contributed by atoms with Crippen LogP contribution in [0.1, 0.15) is 47.0 Å². The van der Waals surface area contributed by atoms with E-state index in [0.29, 0.717) is 12.1 Å². The third kappa shape index (κ3) is 5.84. The Balaban J connectivity index is 2.15. The first-order chi connectivity index (χ1) is 7.92. The number of methoxy groups -OCH3 is 1. The highest BCUT2D eigenvalue weighted by Gasteiger charge is 2.24. The Bertz CT molecular complexity index is 213. The first kappa shape index (κ1) is 14.9. The maximum atomic E-state index is 5.75. The maximum Gasteiger partial charge on any atom is 0.0598 e. The molecule has 1 rings (SSSR count). The summed E-state index contributed by atoms with van der Waals surface area (Å²) in [6, 6.07) is 0.642. The zero-order valence-corrected chi connectivity index (χ0v) is 12.2. The lowest BCUT2D eigenvalue weighted by Gasteiger charge is -2.37. The van der Waals surface area contributed by atoms with Gasteiger partial charge in [-0.05, 0) is 47.0 Å². The number of likely N-dealkylation sites (tertiary alicyclic amines) is 1. The predicted octanol–water partition coefficient (Wildman–Crippen LogP) is 2.69. The summed E-state index contributed by atoms with van der Waals surface area (Å²) in [6.07, 6.45) is 3.92. The van der Waals surface area contributed by atoms with Gasteiger partial charge >= 0.3 is 0 Å². The van der Waals surface area contributed by atoms with E-state index >= 15 is 0 Å². The van der Waals surface area contributed by atoms with E-state index in [-0.39, 0.29) is 5.60 Å². The first-order valence-corrected chi connectivity index (χ1v) is 6.83. The van der Waals surface area contributed by atoms with Crippen LogP contribution in [-0.2, 0) is 9.47 Å². The molecule has 1 heterocycles. The van der Waals surface area contributed by atoms with Gasteiger partial charge in [0.1, 0.15) is 0 Å². The highest BCUT2D eigenvalue weighted by molar-refractivity contribution is 4.79. The van der Waals surface area contributed by atoms with E-state index in [1.54, 1.807) is 0 Å². The second-order valence-electron chi connectivity index (χ2n) is 6.08. The van der Waals surface area contributed by atoms with Gasteiger partial charge in [-0.1, -0.05) is 0 Å². The van der Waals surface area contributed by atoms with Crippen LogP contribution < -0.4 is 0 Å². The van der Waals surface area contributed by atoms with Crippen molar-refractivity contribution in [2.45, 2.75) is 64.7 Å². The zero-order chi connectivity index (χ0) is 12.9. The quantitative estimate of drug-likeness (QED) is 0.693. The molecule has 2 atom stereocenters. The molecule has 0 N–H and O–H groups in total. The average molecular weight is 243 g/mol. The zero-order valence-electron chi connectivity index (χ0n) is 12.2. The van der Waals surface area contributed by atoms with Crippen molar-refractivity contribution in [2.75, 3.05) is 26.8 Å². The molecule has 102 valence electrons. The lowest BCUT2D eigenvalue weighted by molar-refractivity contribution is -0.0161. The van der Waals surface area contributed by atoms with Crippen molar-refractivity contribution >= 4 is 0 Å². The van der Waals surface area contributed by atoms with Gasteiger partial charge in [-0.3, -0.25) is 0 Å². The fraction of sp³-hybridized carbons (Fsp3) is 1.00. The first-order valence-electron chi connectivity index (χ1n) is 6.83.